The SMILES string of the molecule is CCOc1ccc(C(O)C2CCC(CC3CCCC3)CC2)c(F)c1F. The van der Waals surface area contributed by atoms with Gasteiger partial charge in [-0.3, -0.25) is 0 Å². The first-order chi connectivity index (χ1) is 12.1. The van der Waals surface area contributed by atoms with Crippen LogP contribution < -0.4 is 4.74 Å². The van der Waals surface area contributed by atoms with Gasteiger partial charge in [-0.2, -0.15) is 4.39 Å². The third-order valence-corrected chi connectivity index (χ3v) is 6.17. The fourth-order valence-electron chi connectivity index (χ4n) is 4.75. The van der Waals surface area contributed by atoms with E-state index >= 15 is 0 Å². The van der Waals surface area contributed by atoms with Crippen molar-refractivity contribution in [1.82, 2.24) is 0 Å². The Bertz CT molecular complexity index is 561. The zero-order valence-corrected chi connectivity index (χ0v) is 15.1. The molecule has 2 fully saturated rings. The van der Waals surface area contributed by atoms with Gasteiger partial charge in [-0.1, -0.05) is 38.5 Å². The van der Waals surface area contributed by atoms with Crippen molar-refractivity contribution < 1.29 is 18.6 Å². The van der Waals surface area contributed by atoms with Crippen molar-refractivity contribution in [2.45, 2.75) is 70.8 Å². The maximum atomic E-state index is 14.3. The second-order valence-electron chi connectivity index (χ2n) is 7.83. The van der Waals surface area contributed by atoms with Crippen LogP contribution >= 0.6 is 0 Å². The van der Waals surface area contributed by atoms with E-state index in [0.29, 0.717) is 0 Å². The van der Waals surface area contributed by atoms with Gasteiger partial charge in [0.05, 0.1) is 12.7 Å². The van der Waals surface area contributed by atoms with Crippen molar-refractivity contribution in [2.75, 3.05) is 6.61 Å². The summed E-state index contributed by atoms with van der Waals surface area (Å²) in [6.45, 7) is 2.01. The summed E-state index contributed by atoms with van der Waals surface area (Å²) in [6, 6.07) is 2.89. The van der Waals surface area contributed by atoms with E-state index in [1.165, 1.54) is 44.2 Å². The molecule has 0 aliphatic heterocycles. The molecule has 2 aliphatic carbocycles. The van der Waals surface area contributed by atoms with E-state index < -0.39 is 17.7 Å². The Morgan fingerprint density at radius 2 is 1.64 bits per heavy atom. The maximum absolute atomic E-state index is 14.3. The first kappa shape index (κ1) is 18.6. The van der Waals surface area contributed by atoms with E-state index in [1.54, 1.807) is 6.92 Å². The number of aliphatic hydroxyl groups excluding tert-OH is 1. The average molecular weight is 352 g/mol. The molecule has 0 radical (unpaired) electrons. The van der Waals surface area contributed by atoms with Crippen molar-refractivity contribution in [2.24, 2.45) is 17.8 Å². The van der Waals surface area contributed by atoms with Crippen LogP contribution in [0.4, 0.5) is 8.78 Å². The fraction of sp³-hybridized carbons (Fsp3) is 0.714. The summed E-state index contributed by atoms with van der Waals surface area (Å²) in [5.41, 5.74) is 0.0696. The molecule has 0 amide bonds. The molecule has 140 valence electrons. The molecule has 0 saturated heterocycles. The minimum Gasteiger partial charge on any atom is -0.491 e. The molecule has 1 aromatic carbocycles. The molecule has 0 bridgehead atoms. The van der Waals surface area contributed by atoms with Crippen LogP contribution in [0.1, 0.15) is 76.4 Å². The summed E-state index contributed by atoms with van der Waals surface area (Å²) in [5.74, 6) is -0.389. The van der Waals surface area contributed by atoms with Crippen LogP contribution in [-0.4, -0.2) is 11.7 Å². The topological polar surface area (TPSA) is 29.5 Å². The number of ether oxygens (including phenoxy) is 1. The van der Waals surface area contributed by atoms with Gasteiger partial charge in [0.15, 0.2) is 11.6 Å². The zero-order valence-electron chi connectivity index (χ0n) is 15.1. The Morgan fingerprint density at radius 1 is 1.00 bits per heavy atom. The minimum atomic E-state index is -0.992. The average Bonchev–Trinajstić information content (AvgIpc) is 3.12. The quantitative estimate of drug-likeness (QED) is 0.703. The Labute approximate surface area is 149 Å². The monoisotopic (exact) mass is 352 g/mol. The summed E-state index contributed by atoms with van der Waals surface area (Å²) in [7, 11) is 0. The summed E-state index contributed by atoms with van der Waals surface area (Å²) in [5, 5.41) is 10.6. The Balaban J connectivity index is 1.58. The number of halogens is 2. The predicted octanol–water partition coefficient (Wildman–Crippen LogP) is 5.78. The summed E-state index contributed by atoms with van der Waals surface area (Å²) in [6.07, 6.45) is 9.87. The lowest BCUT2D eigenvalue weighted by atomic mass is 9.75. The number of benzene rings is 1. The molecule has 0 heterocycles. The number of rotatable bonds is 6. The summed E-state index contributed by atoms with van der Waals surface area (Å²) >= 11 is 0. The molecule has 1 atom stereocenters. The van der Waals surface area contributed by atoms with Crippen molar-refractivity contribution in [3.8, 4) is 5.75 Å². The van der Waals surface area contributed by atoms with Gasteiger partial charge >= 0.3 is 0 Å². The molecule has 25 heavy (non-hydrogen) atoms. The molecule has 4 heteroatoms. The van der Waals surface area contributed by atoms with Gasteiger partial charge in [0.1, 0.15) is 0 Å². The van der Waals surface area contributed by atoms with Gasteiger partial charge < -0.3 is 9.84 Å². The van der Waals surface area contributed by atoms with Crippen LogP contribution in [0.15, 0.2) is 12.1 Å². The third kappa shape index (κ3) is 4.33. The summed E-state index contributed by atoms with van der Waals surface area (Å²) < 4.78 is 33.5. The van der Waals surface area contributed by atoms with E-state index in [9.17, 15) is 13.9 Å². The first-order valence-electron chi connectivity index (χ1n) is 9.88. The molecule has 1 N–H and O–H groups in total. The molecule has 0 spiro atoms. The van der Waals surface area contributed by atoms with E-state index in [2.05, 4.69) is 0 Å². The van der Waals surface area contributed by atoms with Crippen molar-refractivity contribution in [3.05, 3.63) is 29.3 Å². The highest BCUT2D eigenvalue weighted by atomic mass is 19.2. The molecule has 1 aromatic rings. The molecule has 0 aromatic heterocycles. The van der Waals surface area contributed by atoms with Gasteiger partial charge in [-0.05, 0) is 56.1 Å². The Kier molecular flexibility index (Phi) is 6.32. The smallest absolute Gasteiger partial charge is 0.200 e. The highest BCUT2D eigenvalue weighted by Gasteiger charge is 2.31. The van der Waals surface area contributed by atoms with E-state index in [0.717, 1.165) is 37.5 Å². The third-order valence-electron chi connectivity index (χ3n) is 6.17. The normalized spacial score (nSPS) is 25.9. The first-order valence-corrected chi connectivity index (χ1v) is 9.88. The lowest BCUT2D eigenvalue weighted by molar-refractivity contribution is 0.0665. The second-order valence-corrected chi connectivity index (χ2v) is 7.83. The molecule has 2 saturated carbocycles. The van der Waals surface area contributed by atoms with Gasteiger partial charge in [0.25, 0.3) is 0 Å². The molecule has 2 aliphatic rings. The zero-order chi connectivity index (χ0) is 17.8. The van der Waals surface area contributed by atoms with Crippen LogP contribution in [0.5, 0.6) is 5.75 Å². The van der Waals surface area contributed by atoms with Gasteiger partial charge in [-0.25, -0.2) is 4.39 Å². The minimum absolute atomic E-state index is 0.0201. The second kappa shape index (κ2) is 8.48. The number of hydrogen-bond donors (Lipinski definition) is 1. The Hall–Kier alpha value is -1.16. The lowest BCUT2D eigenvalue weighted by Gasteiger charge is -2.33. The van der Waals surface area contributed by atoms with Gasteiger partial charge in [0, 0.05) is 5.56 Å². The molecule has 3 rings (SSSR count). The van der Waals surface area contributed by atoms with Crippen molar-refractivity contribution >= 4 is 0 Å². The van der Waals surface area contributed by atoms with Crippen molar-refractivity contribution in [1.29, 1.82) is 0 Å². The maximum Gasteiger partial charge on any atom is 0.200 e. The number of hydrogen-bond acceptors (Lipinski definition) is 2. The number of aliphatic hydroxyl groups is 1. The highest BCUT2D eigenvalue weighted by Crippen LogP contribution is 2.42. The van der Waals surface area contributed by atoms with Crippen LogP contribution in [0.25, 0.3) is 0 Å². The van der Waals surface area contributed by atoms with Crippen LogP contribution in [0.3, 0.4) is 0 Å². The highest BCUT2D eigenvalue weighted by molar-refractivity contribution is 5.32. The standard InChI is InChI=1S/C21H30F2O2/c1-2-25-18-12-11-17(19(22)20(18)23)21(24)16-9-7-15(8-10-16)13-14-5-3-4-6-14/h11-12,14-16,21,24H,2-10,13H2,1H3. The largest absolute Gasteiger partial charge is 0.491 e. The van der Waals surface area contributed by atoms with Gasteiger partial charge in [0.2, 0.25) is 5.82 Å². The van der Waals surface area contributed by atoms with Crippen LogP contribution in [0, 0.1) is 29.4 Å². The molecule has 2 nitrogen and oxygen atoms in total. The fourth-order valence-corrected chi connectivity index (χ4v) is 4.75. The summed E-state index contributed by atoms with van der Waals surface area (Å²) in [4.78, 5) is 0. The molecular weight excluding hydrogens is 322 g/mol. The van der Waals surface area contributed by atoms with Crippen LogP contribution in [-0.2, 0) is 0 Å². The van der Waals surface area contributed by atoms with Crippen LogP contribution in [0.2, 0.25) is 0 Å². The van der Waals surface area contributed by atoms with E-state index in [1.807, 2.05) is 0 Å². The lowest BCUT2D eigenvalue weighted by Crippen LogP contribution is -2.22. The molecular formula is C21H30F2O2. The van der Waals surface area contributed by atoms with Crippen molar-refractivity contribution in [3.63, 3.8) is 0 Å². The predicted molar refractivity (Wildman–Crippen MR) is 94.5 cm³/mol. The Morgan fingerprint density at radius 3 is 2.28 bits per heavy atom. The van der Waals surface area contributed by atoms with Gasteiger partial charge in [-0.15, -0.1) is 0 Å². The van der Waals surface area contributed by atoms with E-state index in [4.69, 9.17) is 4.74 Å². The van der Waals surface area contributed by atoms with E-state index in [-0.39, 0.29) is 23.8 Å². The molecule has 1 unspecified atom stereocenters.